The minimum absolute atomic E-state index is 0.332. The van der Waals surface area contributed by atoms with E-state index in [2.05, 4.69) is 21.2 Å². The van der Waals surface area contributed by atoms with Crippen LogP contribution in [0, 0.1) is 0 Å². The molecule has 0 aliphatic heterocycles. The molecule has 18 heavy (non-hydrogen) atoms. The van der Waals surface area contributed by atoms with Gasteiger partial charge >= 0.3 is 6.18 Å². The molecule has 7 heteroatoms. The van der Waals surface area contributed by atoms with E-state index in [9.17, 15) is 18.0 Å². The molecule has 0 aliphatic carbocycles. The number of methoxy groups -OCH3 is 1. The lowest BCUT2D eigenvalue weighted by atomic mass is 10.2. The minimum atomic E-state index is -4.33. The number of nitrogens with one attached hydrogen (secondary N) is 1. The summed E-state index contributed by atoms with van der Waals surface area (Å²) in [7, 11) is 1.41. The maximum absolute atomic E-state index is 12.0. The van der Waals surface area contributed by atoms with Crippen LogP contribution in [-0.4, -0.2) is 19.2 Å². The van der Waals surface area contributed by atoms with Crippen molar-refractivity contribution in [3.63, 3.8) is 0 Å². The predicted octanol–water partition coefficient (Wildman–Crippen LogP) is 3.74. The van der Waals surface area contributed by atoms with Gasteiger partial charge in [0.15, 0.2) is 0 Å². The van der Waals surface area contributed by atoms with Crippen molar-refractivity contribution >= 4 is 27.5 Å². The van der Waals surface area contributed by atoms with Crippen LogP contribution in [0.1, 0.15) is 12.8 Å². The Kier molecular flexibility index (Phi) is 5.01. The standard InChI is InChI=1S/C11H11BrF3NO2/c1-18-9-3-2-7(12)6-8(9)16-10(17)4-5-11(13,14)15/h2-3,6H,4-5H2,1H3,(H,16,17). The highest BCUT2D eigenvalue weighted by Crippen LogP contribution is 2.28. The highest BCUT2D eigenvalue weighted by molar-refractivity contribution is 9.10. The van der Waals surface area contributed by atoms with Gasteiger partial charge in [0.2, 0.25) is 5.91 Å². The number of anilines is 1. The summed E-state index contributed by atoms with van der Waals surface area (Å²) in [5.74, 6) is -0.317. The highest BCUT2D eigenvalue weighted by atomic mass is 79.9. The van der Waals surface area contributed by atoms with Gasteiger partial charge in [-0.15, -0.1) is 0 Å². The summed E-state index contributed by atoms with van der Waals surface area (Å²) in [5, 5.41) is 2.38. The third kappa shape index (κ3) is 4.95. The molecule has 1 rings (SSSR count). The molecule has 1 aromatic carbocycles. The van der Waals surface area contributed by atoms with E-state index >= 15 is 0 Å². The molecular formula is C11H11BrF3NO2. The minimum Gasteiger partial charge on any atom is -0.495 e. The molecule has 100 valence electrons. The Bertz CT molecular complexity index is 435. The average molecular weight is 326 g/mol. The molecule has 1 aromatic rings. The molecular weight excluding hydrogens is 315 g/mol. The highest BCUT2D eigenvalue weighted by Gasteiger charge is 2.28. The number of carbonyl (C=O) groups excluding carboxylic acids is 1. The average Bonchev–Trinajstić information content (AvgIpc) is 2.26. The van der Waals surface area contributed by atoms with Crippen molar-refractivity contribution in [2.75, 3.05) is 12.4 Å². The van der Waals surface area contributed by atoms with Crippen molar-refractivity contribution in [3.8, 4) is 5.75 Å². The Morgan fingerprint density at radius 3 is 2.67 bits per heavy atom. The molecule has 0 saturated heterocycles. The van der Waals surface area contributed by atoms with E-state index in [1.165, 1.54) is 7.11 Å². The second-order valence-electron chi connectivity index (χ2n) is 3.51. The number of benzene rings is 1. The van der Waals surface area contributed by atoms with Crippen LogP contribution in [0.4, 0.5) is 18.9 Å². The van der Waals surface area contributed by atoms with Crippen molar-refractivity contribution in [1.82, 2.24) is 0 Å². The first-order valence-electron chi connectivity index (χ1n) is 5.02. The topological polar surface area (TPSA) is 38.3 Å². The third-order valence-corrected chi connectivity index (χ3v) is 2.56. The van der Waals surface area contributed by atoms with Crippen molar-refractivity contribution in [3.05, 3.63) is 22.7 Å². The Hall–Kier alpha value is -1.24. The van der Waals surface area contributed by atoms with Gasteiger partial charge in [0.1, 0.15) is 5.75 Å². The van der Waals surface area contributed by atoms with Gasteiger partial charge in [-0.1, -0.05) is 15.9 Å². The van der Waals surface area contributed by atoms with Gasteiger partial charge in [0.25, 0.3) is 0 Å². The molecule has 1 amide bonds. The van der Waals surface area contributed by atoms with Gasteiger partial charge in [-0.3, -0.25) is 4.79 Å². The second kappa shape index (κ2) is 6.08. The Balaban J connectivity index is 2.66. The largest absolute Gasteiger partial charge is 0.495 e. The third-order valence-electron chi connectivity index (χ3n) is 2.07. The van der Waals surface area contributed by atoms with E-state index < -0.39 is 24.9 Å². The van der Waals surface area contributed by atoms with Crippen LogP contribution in [0.15, 0.2) is 22.7 Å². The molecule has 0 atom stereocenters. The van der Waals surface area contributed by atoms with Gasteiger partial charge < -0.3 is 10.1 Å². The first kappa shape index (κ1) is 14.8. The number of halogens is 4. The molecule has 1 N–H and O–H groups in total. The number of hydrogen-bond acceptors (Lipinski definition) is 2. The van der Waals surface area contributed by atoms with Crippen molar-refractivity contribution < 1.29 is 22.7 Å². The van der Waals surface area contributed by atoms with Crippen LogP contribution in [-0.2, 0) is 4.79 Å². The van der Waals surface area contributed by atoms with Gasteiger partial charge in [0, 0.05) is 10.9 Å². The first-order valence-corrected chi connectivity index (χ1v) is 5.81. The van der Waals surface area contributed by atoms with Gasteiger partial charge in [0.05, 0.1) is 19.2 Å². The number of alkyl halides is 3. The van der Waals surface area contributed by atoms with E-state index in [0.29, 0.717) is 15.9 Å². The zero-order chi connectivity index (χ0) is 13.8. The van der Waals surface area contributed by atoms with Crippen molar-refractivity contribution in [2.45, 2.75) is 19.0 Å². The molecule has 0 heterocycles. The SMILES string of the molecule is COc1ccc(Br)cc1NC(=O)CCC(F)(F)F. The molecule has 0 aromatic heterocycles. The number of hydrogen-bond donors (Lipinski definition) is 1. The maximum Gasteiger partial charge on any atom is 0.389 e. The van der Waals surface area contributed by atoms with Gasteiger partial charge in [-0.05, 0) is 18.2 Å². The Labute approximate surface area is 110 Å². The van der Waals surface area contributed by atoms with Crippen LogP contribution in [0.5, 0.6) is 5.75 Å². The van der Waals surface area contributed by atoms with E-state index in [-0.39, 0.29) is 0 Å². The van der Waals surface area contributed by atoms with Crippen LogP contribution in [0.2, 0.25) is 0 Å². The normalized spacial score (nSPS) is 11.2. The zero-order valence-corrected chi connectivity index (χ0v) is 11.1. The molecule has 0 saturated carbocycles. The van der Waals surface area contributed by atoms with E-state index in [0.717, 1.165) is 0 Å². The zero-order valence-electron chi connectivity index (χ0n) is 9.47. The van der Waals surface area contributed by atoms with Crippen LogP contribution >= 0.6 is 15.9 Å². The smallest absolute Gasteiger partial charge is 0.389 e. The molecule has 0 spiro atoms. The first-order chi connectivity index (χ1) is 8.31. The fourth-order valence-electron chi connectivity index (χ4n) is 1.25. The molecule has 0 aliphatic rings. The second-order valence-corrected chi connectivity index (χ2v) is 4.42. The number of amides is 1. The van der Waals surface area contributed by atoms with E-state index in [1.54, 1.807) is 18.2 Å². The van der Waals surface area contributed by atoms with Crippen LogP contribution in [0.25, 0.3) is 0 Å². The molecule has 0 bridgehead atoms. The van der Waals surface area contributed by atoms with E-state index in [1.807, 2.05) is 0 Å². The lowest BCUT2D eigenvalue weighted by Gasteiger charge is -2.11. The van der Waals surface area contributed by atoms with E-state index in [4.69, 9.17) is 4.74 Å². The van der Waals surface area contributed by atoms with Crippen molar-refractivity contribution in [1.29, 1.82) is 0 Å². The summed E-state index contributed by atoms with van der Waals surface area (Å²) in [6.07, 6.45) is -6.09. The fraction of sp³-hybridized carbons (Fsp3) is 0.364. The monoisotopic (exact) mass is 325 g/mol. The van der Waals surface area contributed by atoms with Crippen LogP contribution < -0.4 is 10.1 Å². The Morgan fingerprint density at radius 1 is 1.44 bits per heavy atom. The van der Waals surface area contributed by atoms with Crippen LogP contribution in [0.3, 0.4) is 0 Å². The summed E-state index contributed by atoms with van der Waals surface area (Å²) in [4.78, 5) is 11.4. The Morgan fingerprint density at radius 2 is 2.11 bits per heavy atom. The maximum atomic E-state index is 12.0. The summed E-state index contributed by atoms with van der Waals surface area (Å²) in [5.41, 5.74) is 0.332. The molecule has 0 fully saturated rings. The lowest BCUT2D eigenvalue weighted by Crippen LogP contribution is -2.16. The summed E-state index contributed by atoms with van der Waals surface area (Å²) in [6, 6.07) is 4.86. The molecule has 0 unspecified atom stereocenters. The van der Waals surface area contributed by atoms with Gasteiger partial charge in [-0.2, -0.15) is 13.2 Å². The summed E-state index contributed by atoms with van der Waals surface area (Å²) < 4.78 is 41.5. The number of ether oxygens (including phenoxy) is 1. The molecule has 3 nitrogen and oxygen atoms in total. The molecule has 0 radical (unpaired) electrons. The summed E-state index contributed by atoms with van der Waals surface area (Å²) >= 11 is 3.20. The fourth-order valence-corrected chi connectivity index (χ4v) is 1.61. The summed E-state index contributed by atoms with van der Waals surface area (Å²) in [6.45, 7) is 0. The number of carbonyl (C=O) groups is 1. The number of rotatable bonds is 4. The van der Waals surface area contributed by atoms with Crippen molar-refractivity contribution in [2.24, 2.45) is 0 Å². The quantitative estimate of drug-likeness (QED) is 0.915. The predicted molar refractivity (Wildman–Crippen MR) is 64.6 cm³/mol. The lowest BCUT2D eigenvalue weighted by molar-refractivity contribution is -0.142. The van der Waals surface area contributed by atoms with Gasteiger partial charge in [-0.25, -0.2) is 0 Å².